The summed E-state index contributed by atoms with van der Waals surface area (Å²) < 4.78 is 85.7. The summed E-state index contributed by atoms with van der Waals surface area (Å²) >= 11 is 0. The number of fused-ring (bicyclic) bond motifs is 1. The monoisotopic (exact) mass is 764 g/mol. The number of hydrogen-bond donors (Lipinski definition) is 3. The Morgan fingerprint density at radius 3 is 2.34 bits per heavy atom. The lowest BCUT2D eigenvalue weighted by Crippen LogP contribution is -2.48. The third-order valence-electron chi connectivity index (χ3n) is 8.94. The first-order valence-electron chi connectivity index (χ1n) is 17.2. The highest BCUT2D eigenvalue weighted by Gasteiger charge is 2.32. The molecule has 0 saturated heterocycles. The van der Waals surface area contributed by atoms with E-state index in [4.69, 9.17) is 14.2 Å². The summed E-state index contributed by atoms with van der Waals surface area (Å²) in [5, 5.41) is 12.8. The van der Waals surface area contributed by atoms with E-state index in [1.165, 1.54) is 72.5 Å². The second-order valence-electron chi connectivity index (χ2n) is 13.2. The van der Waals surface area contributed by atoms with Crippen molar-refractivity contribution >= 4 is 33.3 Å². The Morgan fingerprint density at radius 2 is 1.72 bits per heavy atom. The SMILES string of the molecule is COc1ccc(S(=O)(=O)Nc2ccc3c(c2)C(=O)N([C@H](C)CO)C[C@H](C)[C@H](CN(C)C(=O)Nc2ccc(C(F)(F)F)cc2)OCCCC[C@@H](C)O3)cc1. The van der Waals surface area contributed by atoms with E-state index in [-0.39, 0.29) is 53.4 Å². The number of carbonyl (C=O) groups excluding carboxylic acids is 2. The van der Waals surface area contributed by atoms with E-state index in [0.29, 0.717) is 25.2 Å². The third kappa shape index (κ3) is 11.2. The largest absolute Gasteiger partial charge is 0.497 e. The minimum absolute atomic E-state index is 0.0111. The first kappa shape index (κ1) is 41.2. The number of hydrogen-bond acceptors (Lipinski definition) is 8. The van der Waals surface area contributed by atoms with Crippen LogP contribution in [0.1, 0.15) is 56.0 Å². The molecule has 0 spiro atoms. The van der Waals surface area contributed by atoms with E-state index in [9.17, 15) is 36.3 Å². The van der Waals surface area contributed by atoms with Crippen LogP contribution in [0.4, 0.5) is 29.3 Å². The minimum atomic E-state index is -4.51. The molecule has 0 saturated carbocycles. The average molecular weight is 765 g/mol. The molecule has 3 aromatic carbocycles. The Bertz CT molecular complexity index is 1790. The van der Waals surface area contributed by atoms with E-state index in [2.05, 4.69) is 10.0 Å². The molecule has 3 N–H and O–H groups in total. The molecule has 1 aliphatic heterocycles. The fourth-order valence-corrected chi connectivity index (χ4v) is 6.78. The van der Waals surface area contributed by atoms with Gasteiger partial charge in [-0.1, -0.05) is 6.92 Å². The van der Waals surface area contributed by atoms with Crippen molar-refractivity contribution in [1.82, 2.24) is 9.80 Å². The first-order valence-corrected chi connectivity index (χ1v) is 18.7. The Hall–Kier alpha value is -4.54. The third-order valence-corrected chi connectivity index (χ3v) is 10.3. The number of halogens is 3. The number of methoxy groups -OCH3 is 1. The average Bonchev–Trinajstić information content (AvgIpc) is 3.12. The number of benzene rings is 3. The number of urea groups is 1. The lowest BCUT2D eigenvalue weighted by molar-refractivity contribution is -0.137. The molecule has 0 bridgehead atoms. The van der Waals surface area contributed by atoms with Gasteiger partial charge in [-0.3, -0.25) is 9.52 Å². The Labute approximate surface area is 308 Å². The van der Waals surface area contributed by atoms with Gasteiger partial charge in [-0.25, -0.2) is 13.2 Å². The molecule has 290 valence electrons. The highest BCUT2D eigenvalue weighted by atomic mass is 32.2. The molecule has 53 heavy (non-hydrogen) atoms. The van der Waals surface area contributed by atoms with E-state index in [1.807, 2.05) is 13.8 Å². The highest BCUT2D eigenvalue weighted by molar-refractivity contribution is 7.92. The molecule has 1 heterocycles. The van der Waals surface area contributed by atoms with Crippen LogP contribution >= 0.6 is 0 Å². The molecule has 1 aliphatic rings. The fraction of sp³-hybridized carbons (Fsp3) is 0.459. The van der Waals surface area contributed by atoms with Gasteiger partial charge in [-0.2, -0.15) is 13.2 Å². The molecule has 4 rings (SSSR count). The number of alkyl halides is 3. The molecule has 0 radical (unpaired) electrons. The second-order valence-corrected chi connectivity index (χ2v) is 14.9. The van der Waals surface area contributed by atoms with Crippen LogP contribution in [-0.4, -0.2) is 94.0 Å². The zero-order chi connectivity index (χ0) is 38.9. The smallest absolute Gasteiger partial charge is 0.416 e. The van der Waals surface area contributed by atoms with E-state index in [1.54, 1.807) is 13.0 Å². The summed E-state index contributed by atoms with van der Waals surface area (Å²) in [5.74, 6) is -0.171. The van der Waals surface area contributed by atoms with Crippen LogP contribution in [0.5, 0.6) is 11.5 Å². The van der Waals surface area contributed by atoms with Crippen molar-refractivity contribution < 1.29 is 50.5 Å². The number of nitrogens with one attached hydrogen (secondary N) is 2. The van der Waals surface area contributed by atoms with Gasteiger partial charge in [0.2, 0.25) is 0 Å². The van der Waals surface area contributed by atoms with Gasteiger partial charge in [-0.15, -0.1) is 0 Å². The molecule has 0 aliphatic carbocycles. The van der Waals surface area contributed by atoms with Crippen molar-refractivity contribution in [3.63, 3.8) is 0 Å². The van der Waals surface area contributed by atoms with Crippen LogP contribution in [-0.2, 0) is 20.9 Å². The molecule has 16 heteroatoms. The predicted molar refractivity (Wildman–Crippen MR) is 194 cm³/mol. The van der Waals surface area contributed by atoms with Crippen LogP contribution in [0, 0.1) is 5.92 Å². The fourth-order valence-electron chi connectivity index (χ4n) is 5.73. The van der Waals surface area contributed by atoms with Crippen LogP contribution in [0.15, 0.2) is 71.6 Å². The molecule has 4 atom stereocenters. The summed E-state index contributed by atoms with van der Waals surface area (Å²) in [6.45, 7) is 5.52. The van der Waals surface area contributed by atoms with Crippen molar-refractivity contribution in [3.05, 3.63) is 77.9 Å². The van der Waals surface area contributed by atoms with Gasteiger partial charge in [0.15, 0.2) is 0 Å². The van der Waals surface area contributed by atoms with Crippen LogP contribution < -0.4 is 19.5 Å². The summed E-state index contributed by atoms with van der Waals surface area (Å²) in [6, 6.07) is 13.2. The van der Waals surface area contributed by atoms with Gasteiger partial charge in [-0.05, 0) is 99.8 Å². The summed E-state index contributed by atoms with van der Waals surface area (Å²) in [5.41, 5.74) is -0.445. The topological polar surface area (TPSA) is 147 Å². The quantitative estimate of drug-likeness (QED) is 0.225. The van der Waals surface area contributed by atoms with E-state index >= 15 is 0 Å². The highest BCUT2D eigenvalue weighted by Crippen LogP contribution is 2.31. The molecule has 0 fully saturated rings. The van der Waals surface area contributed by atoms with Crippen molar-refractivity contribution in [1.29, 1.82) is 0 Å². The maximum atomic E-state index is 14.4. The number of rotatable bonds is 9. The molecule has 3 amide bonds. The van der Waals surface area contributed by atoms with Gasteiger partial charge in [0.05, 0.1) is 48.0 Å². The zero-order valence-corrected chi connectivity index (χ0v) is 31.2. The van der Waals surface area contributed by atoms with Gasteiger partial charge < -0.3 is 34.4 Å². The molecule has 0 unspecified atom stereocenters. The van der Waals surface area contributed by atoms with Gasteiger partial charge in [0, 0.05) is 44.0 Å². The van der Waals surface area contributed by atoms with Gasteiger partial charge >= 0.3 is 12.2 Å². The van der Waals surface area contributed by atoms with Crippen LogP contribution in [0.2, 0.25) is 0 Å². The predicted octanol–water partition coefficient (Wildman–Crippen LogP) is 6.47. The number of aliphatic hydroxyl groups is 1. The van der Waals surface area contributed by atoms with Crippen molar-refractivity contribution in [2.24, 2.45) is 5.92 Å². The zero-order valence-electron chi connectivity index (χ0n) is 30.4. The summed E-state index contributed by atoms with van der Waals surface area (Å²) in [7, 11) is -1.05. The first-order chi connectivity index (χ1) is 25.0. The molecule has 0 aromatic heterocycles. The summed E-state index contributed by atoms with van der Waals surface area (Å²) in [4.78, 5) is 30.3. The van der Waals surface area contributed by atoms with Crippen molar-refractivity contribution in [2.45, 2.75) is 69.4 Å². The normalized spacial score (nSPS) is 19.6. The number of aliphatic hydroxyl groups excluding tert-OH is 1. The van der Waals surface area contributed by atoms with Crippen LogP contribution in [0.3, 0.4) is 0 Å². The molecular formula is C37H47F3N4O8S. The van der Waals surface area contributed by atoms with E-state index in [0.717, 1.165) is 18.6 Å². The summed E-state index contributed by atoms with van der Waals surface area (Å²) in [6.07, 6.45) is -3.39. The molecule has 12 nitrogen and oxygen atoms in total. The van der Waals surface area contributed by atoms with E-state index < -0.39 is 51.8 Å². The Morgan fingerprint density at radius 1 is 1.06 bits per heavy atom. The number of ether oxygens (including phenoxy) is 3. The number of nitrogens with zero attached hydrogens (tertiary/aromatic N) is 2. The lowest BCUT2D eigenvalue weighted by Gasteiger charge is -2.35. The maximum Gasteiger partial charge on any atom is 0.416 e. The molecule has 3 aromatic rings. The minimum Gasteiger partial charge on any atom is -0.497 e. The number of anilines is 2. The van der Waals surface area contributed by atoms with Gasteiger partial charge in [0.1, 0.15) is 11.5 Å². The van der Waals surface area contributed by atoms with Crippen molar-refractivity contribution in [3.8, 4) is 11.5 Å². The van der Waals surface area contributed by atoms with Crippen LogP contribution in [0.25, 0.3) is 0 Å². The second kappa shape index (κ2) is 18.0. The maximum absolute atomic E-state index is 14.4. The number of carbonyl (C=O) groups is 2. The number of likely N-dealkylation sites (N-methyl/N-ethyl adjacent to an activating group) is 1. The Kier molecular flexibility index (Phi) is 14.0. The van der Waals surface area contributed by atoms with Gasteiger partial charge in [0.25, 0.3) is 15.9 Å². The standard InChI is InChI=1S/C37H47F3N4O8S/c1-24-21-44(25(2)23-45)35(46)32-20-29(42-53(48,49)31-16-14-30(50-5)15-17-31)13-18-33(32)52-26(3)8-6-7-19-51-34(24)22-43(4)36(47)41-28-11-9-27(10-12-28)37(38,39)40/h9-18,20,24-26,34,42,45H,6-8,19,21-23H2,1-5H3,(H,41,47)/t24-,25+,26+,34-/m0/s1. The van der Waals surface area contributed by atoms with Crippen molar-refractivity contribution in [2.75, 3.05) is 50.5 Å². The lowest BCUT2D eigenvalue weighted by atomic mass is 10.0. The number of amides is 3. The number of sulfonamides is 1. The Balaban J connectivity index is 1.59. The molecular weight excluding hydrogens is 717 g/mol.